The van der Waals surface area contributed by atoms with Gasteiger partial charge in [0.25, 0.3) is 0 Å². The summed E-state index contributed by atoms with van der Waals surface area (Å²) >= 11 is 0. The van der Waals surface area contributed by atoms with E-state index in [0.717, 1.165) is 63.4 Å². The van der Waals surface area contributed by atoms with Crippen molar-refractivity contribution in [1.29, 1.82) is 0 Å². The maximum Gasteiger partial charge on any atom is 0.409 e. The lowest BCUT2D eigenvalue weighted by Gasteiger charge is -2.23. The molecule has 1 aliphatic heterocycles. The Morgan fingerprint density at radius 2 is 2.08 bits per heavy atom. The van der Waals surface area contributed by atoms with E-state index in [1.54, 1.807) is 0 Å². The molecule has 1 saturated heterocycles. The summed E-state index contributed by atoms with van der Waals surface area (Å²) in [5, 5.41) is 0. The van der Waals surface area contributed by atoms with Crippen LogP contribution in [-0.2, 0) is 11.3 Å². The smallest absolute Gasteiger partial charge is 0.409 e. The van der Waals surface area contributed by atoms with Gasteiger partial charge >= 0.3 is 6.09 Å². The first-order chi connectivity index (χ1) is 12.6. The lowest BCUT2D eigenvalue weighted by molar-refractivity contribution is 0.0856. The molecule has 1 unspecified atom stereocenters. The topological polar surface area (TPSA) is 45.7 Å². The molecule has 5 heteroatoms. The number of carbonyl (C=O) groups is 1. The third kappa shape index (κ3) is 6.94. The van der Waals surface area contributed by atoms with Gasteiger partial charge in [-0.05, 0) is 37.8 Å². The molecule has 1 atom stereocenters. The number of unbranched alkanes of at least 4 members (excludes halogenated alkanes) is 1. The minimum absolute atomic E-state index is 0.143. The largest absolute Gasteiger partial charge is 0.449 e. The predicted molar refractivity (Wildman–Crippen MR) is 105 cm³/mol. The number of rotatable bonds is 8. The van der Waals surface area contributed by atoms with Gasteiger partial charge in [0.2, 0.25) is 0 Å². The zero-order valence-corrected chi connectivity index (χ0v) is 16.7. The molecule has 1 aromatic heterocycles. The average Bonchev–Trinajstić information content (AvgIpc) is 2.87. The third-order valence-electron chi connectivity index (χ3n) is 5.16. The van der Waals surface area contributed by atoms with Crippen molar-refractivity contribution >= 4 is 6.09 Å². The third-order valence-corrected chi connectivity index (χ3v) is 5.16. The van der Waals surface area contributed by atoms with Crippen LogP contribution in [0.1, 0.15) is 57.3 Å². The Morgan fingerprint density at radius 1 is 1.23 bits per heavy atom. The summed E-state index contributed by atoms with van der Waals surface area (Å²) in [5.41, 5.74) is 2.15. The molecular weight excluding hydrogens is 326 g/mol. The van der Waals surface area contributed by atoms with Crippen molar-refractivity contribution in [3.05, 3.63) is 29.6 Å². The van der Waals surface area contributed by atoms with E-state index in [1.807, 2.05) is 17.9 Å². The number of amides is 1. The van der Waals surface area contributed by atoms with Crippen molar-refractivity contribution in [3.63, 3.8) is 0 Å². The molecule has 26 heavy (non-hydrogen) atoms. The second-order valence-electron chi connectivity index (χ2n) is 7.38. The summed E-state index contributed by atoms with van der Waals surface area (Å²) < 4.78 is 5.61. The van der Waals surface area contributed by atoms with Gasteiger partial charge in [-0.3, -0.25) is 9.88 Å². The Morgan fingerprint density at radius 3 is 2.81 bits per heavy atom. The van der Waals surface area contributed by atoms with E-state index in [0.29, 0.717) is 12.5 Å². The number of hydrogen-bond donors (Lipinski definition) is 0. The van der Waals surface area contributed by atoms with Gasteiger partial charge in [0.05, 0.1) is 12.3 Å². The minimum atomic E-state index is -0.143. The van der Waals surface area contributed by atoms with E-state index in [4.69, 9.17) is 4.74 Å². The Balaban J connectivity index is 1.77. The lowest BCUT2D eigenvalue weighted by Crippen LogP contribution is -2.36. The summed E-state index contributed by atoms with van der Waals surface area (Å²) in [6.07, 6.45) is 5.47. The van der Waals surface area contributed by atoms with Crippen LogP contribution in [0.5, 0.6) is 0 Å². The molecule has 0 aliphatic carbocycles. The number of pyridine rings is 1. The molecule has 1 amide bonds. The van der Waals surface area contributed by atoms with Crippen molar-refractivity contribution in [2.75, 3.05) is 32.8 Å². The van der Waals surface area contributed by atoms with Crippen LogP contribution in [0.15, 0.2) is 18.2 Å². The molecule has 1 aromatic rings. The normalized spacial score (nSPS) is 17.0. The molecule has 1 fully saturated rings. The van der Waals surface area contributed by atoms with Gasteiger partial charge in [0.15, 0.2) is 0 Å². The average molecular weight is 362 g/mol. The van der Waals surface area contributed by atoms with Crippen molar-refractivity contribution in [1.82, 2.24) is 14.8 Å². The molecule has 0 aromatic carbocycles. The predicted octanol–water partition coefficient (Wildman–Crippen LogP) is 4.25. The van der Waals surface area contributed by atoms with E-state index < -0.39 is 0 Å². The summed E-state index contributed by atoms with van der Waals surface area (Å²) in [6.45, 7) is 11.2. The fourth-order valence-electron chi connectivity index (χ4n) is 3.41. The highest BCUT2D eigenvalue weighted by Gasteiger charge is 2.21. The van der Waals surface area contributed by atoms with Gasteiger partial charge in [0.1, 0.15) is 0 Å². The summed E-state index contributed by atoms with van der Waals surface area (Å²) in [4.78, 5) is 21.3. The Hall–Kier alpha value is -1.62. The number of aromatic nitrogens is 1. The number of ether oxygens (including phenoxy) is 1. The molecule has 0 spiro atoms. The molecule has 146 valence electrons. The molecule has 1 aliphatic rings. The number of aryl methyl sites for hydroxylation is 1. The summed E-state index contributed by atoms with van der Waals surface area (Å²) in [5.74, 6) is 0.495. The van der Waals surface area contributed by atoms with Crippen molar-refractivity contribution in [3.8, 4) is 0 Å². The van der Waals surface area contributed by atoms with E-state index in [-0.39, 0.29) is 6.09 Å². The first kappa shape index (κ1) is 20.7. The van der Waals surface area contributed by atoms with Crippen molar-refractivity contribution in [2.45, 2.75) is 59.4 Å². The van der Waals surface area contributed by atoms with E-state index in [2.05, 4.69) is 35.9 Å². The van der Waals surface area contributed by atoms with E-state index in [1.165, 1.54) is 12.8 Å². The van der Waals surface area contributed by atoms with Crippen LogP contribution in [0.4, 0.5) is 4.79 Å². The van der Waals surface area contributed by atoms with E-state index >= 15 is 0 Å². The summed E-state index contributed by atoms with van der Waals surface area (Å²) in [6, 6.07) is 6.15. The molecule has 0 radical (unpaired) electrons. The maximum absolute atomic E-state index is 12.4. The van der Waals surface area contributed by atoms with Gasteiger partial charge in [-0.2, -0.15) is 0 Å². The maximum atomic E-state index is 12.4. The van der Waals surface area contributed by atoms with Crippen LogP contribution in [-0.4, -0.2) is 53.7 Å². The van der Waals surface area contributed by atoms with Gasteiger partial charge in [-0.25, -0.2) is 4.79 Å². The first-order valence-electron chi connectivity index (χ1n) is 10.2. The highest BCUT2D eigenvalue weighted by atomic mass is 16.6. The van der Waals surface area contributed by atoms with Crippen LogP contribution in [0, 0.1) is 12.8 Å². The Labute approximate surface area is 158 Å². The molecule has 5 nitrogen and oxygen atoms in total. The molecular formula is C21H35N3O2. The lowest BCUT2D eigenvalue weighted by atomic mass is 10.0. The SMILES string of the molecule is CCCCC(CC)COC(=O)N1CCCN(Cc2cccc(C)n2)CC1. The second-order valence-corrected chi connectivity index (χ2v) is 7.38. The van der Waals surface area contributed by atoms with Crippen LogP contribution in [0.3, 0.4) is 0 Å². The zero-order chi connectivity index (χ0) is 18.8. The molecule has 0 saturated carbocycles. The monoisotopic (exact) mass is 361 g/mol. The fraction of sp³-hybridized carbons (Fsp3) is 0.714. The van der Waals surface area contributed by atoms with Crippen LogP contribution < -0.4 is 0 Å². The van der Waals surface area contributed by atoms with Gasteiger partial charge in [-0.15, -0.1) is 0 Å². The molecule has 2 rings (SSSR count). The second kappa shape index (κ2) is 11.2. The molecule has 0 N–H and O–H groups in total. The van der Waals surface area contributed by atoms with Crippen LogP contribution >= 0.6 is 0 Å². The minimum Gasteiger partial charge on any atom is -0.449 e. The van der Waals surface area contributed by atoms with Crippen molar-refractivity contribution in [2.24, 2.45) is 5.92 Å². The molecule has 2 heterocycles. The van der Waals surface area contributed by atoms with Gasteiger partial charge in [-0.1, -0.05) is 39.2 Å². The van der Waals surface area contributed by atoms with Gasteiger partial charge in [0, 0.05) is 38.4 Å². The summed E-state index contributed by atoms with van der Waals surface area (Å²) in [7, 11) is 0. The highest BCUT2D eigenvalue weighted by molar-refractivity contribution is 5.67. The quantitative estimate of drug-likeness (QED) is 0.694. The fourth-order valence-corrected chi connectivity index (χ4v) is 3.41. The van der Waals surface area contributed by atoms with Gasteiger partial charge < -0.3 is 9.64 Å². The van der Waals surface area contributed by atoms with Crippen molar-refractivity contribution < 1.29 is 9.53 Å². The van der Waals surface area contributed by atoms with E-state index in [9.17, 15) is 4.79 Å². The zero-order valence-electron chi connectivity index (χ0n) is 16.7. The Bertz CT molecular complexity index is 550. The Kier molecular flexibility index (Phi) is 8.89. The molecule has 0 bridgehead atoms. The number of nitrogens with zero attached hydrogens (tertiary/aromatic N) is 3. The standard InChI is InChI=1S/C21H35N3O2/c1-4-6-10-19(5-2)17-26-21(25)24-13-8-12-23(14-15-24)16-20-11-7-9-18(3)22-20/h7,9,11,19H,4-6,8,10,12-17H2,1-3H3. The number of hydrogen-bond acceptors (Lipinski definition) is 4. The number of carbonyl (C=O) groups excluding carboxylic acids is 1. The van der Waals surface area contributed by atoms with Crippen LogP contribution in [0.2, 0.25) is 0 Å². The highest BCUT2D eigenvalue weighted by Crippen LogP contribution is 2.14. The first-order valence-corrected chi connectivity index (χ1v) is 10.2. The van der Waals surface area contributed by atoms with Crippen LogP contribution in [0.25, 0.3) is 0 Å².